The molecule has 20 heavy (non-hydrogen) atoms. The summed E-state index contributed by atoms with van der Waals surface area (Å²) in [6.07, 6.45) is -0.141. The summed E-state index contributed by atoms with van der Waals surface area (Å²) in [7, 11) is 2.05. The van der Waals surface area contributed by atoms with Crippen LogP contribution in [0.25, 0.3) is 11.6 Å². The van der Waals surface area contributed by atoms with Crippen molar-refractivity contribution in [2.24, 2.45) is 5.73 Å². The summed E-state index contributed by atoms with van der Waals surface area (Å²) in [6.45, 7) is 4.26. The number of hydrogen-bond donors (Lipinski definition) is 1. The van der Waals surface area contributed by atoms with Crippen molar-refractivity contribution in [3.8, 4) is 11.6 Å². The zero-order chi connectivity index (χ0) is 14.1. The number of ether oxygens (including phenoxy) is 1. The standard InChI is InChI=1S/C12H17N5O2S/c1-7(13)12-14-8(6-20-12)11-15-10(16-19-11)9-5-17(2)3-4-18-9/h6-7,9H,3-5,13H2,1-2H3. The summed E-state index contributed by atoms with van der Waals surface area (Å²) in [5.41, 5.74) is 6.47. The second-order valence-electron chi connectivity index (χ2n) is 4.94. The number of aromatic nitrogens is 3. The molecule has 1 aliphatic rings. The number of morpholine rings is 1. The van der Waals surface area contributed by atoms with Crippen molar-refractivity contribution in [2.75, 3.05) is 26.7 Å². The minimum Gasteiger partial charge on any atom is -0.367 e. The number of nitrogens with zero attached hydrogens (tertiary/aromatic N) is 4. The van der Waals surface area contributed by atoms with Crippen molar-refractivity contribution in [2.45, 2.75) is 19.1 Å². The van der Waals surface area contributed by atoms with Crippen molar-refractivity contribution >= 4 is 11.3 Å². The molecule has 3 heterocycles. The molecule has 3 rings (SSSR count). The normalized spacial score (nSPS) is 22.1. The Bertz CT molecular complexity index is 582. The molecule has 2 unspecified atom stereocenters. The fourth-order valence-electron chi connectivity index (χ4n) is 2.00. The molecule has 2 N–H and O–H groups in total. The number of nitrogens with two attached hydrogens (primary N) is 1. The first-order valence-corrected chi connectivity index (χ1v) is 7.36. The molecule has 0 saturated carbocycles. The highest BCUT2D eigenvalue weighted by molar-refractivity contribution is 7.10. The molecule has 1 aliphatic heterocycles. The van der Waals surface area contributed by atoms with Gasteiger partial charge in [0.2, 0.25) is 5.82 Å². The van der Waals surface area contributed by atoms with Crippen LogP contribution in [0.1, 0.15) is 29.9 Å². The minimum absolute atomic E-state index is 0.0912. The van der Waals surface area contributed by atoms with Crippen LogP contribution in [0.4, 0.5) is 0 Å². The number of likely N-dealkylation sites (N-methyl/N-ethyl adjacent to an activating group) is 1. The van der Waals surface area contributed by atoms with Gasteiger partial charge >= 0.3 is 0 Å². The average Bonchev–Trinajstić information content (AvgIpc) is 3.08. The molecule has 0 bridgehead atoms. The molecule has 2 aromatic heterocycles. The molecule has 0 aliphatic carbocycles. The predicted molar refractivity (Wildman–Crippen MR) is 74.2 cm³/mol. The first kappa shape index (κ1) is 13.6. The van der Waals surface area contributed by atoms with Crippen LogP contribution >= 0.6 is 11.3 Å². The Balaban J connectivity index is 1.78. The molecule has 2 aromatic rings. The zero-order valence-electron chi connectivity index (χ0n) is 11.4. The van der Waals surface area contributed by atoms with E-state index in [1.807, 2.05) is 19.4 Å². The number of rotatable bonds is 3. The van der Waals surface area contributed by atoms with E-state index in [4.69, 9.17) is 15.0 Å². The quantitative estimate of drug-likeness (QED) is 0.910. The molecule has 108 valence electrons. The van der Waals surface area contributed by atoms with Crippen molar-refractivity contribution in [1.29, 1.82) is 0 Å². The van der Waals surface area contributed by atoms with E-state index in [2.05, 4.69) is 20.0 Å². The number of hydrogen-bond acceptors (Lipinski definition) is 8. The van der Waals surface area contributed by atoms with Crippen LogP contribution in [0.2, 0.25) is 0 Å². The van der Waals surface area contributed by atoms with Gasteiger partial charge in [-0.1, -0.05) is 5.16 Å². The zero-order valence-corrected chi connectivity index (χ0v) is 12.3. The largest absolute Gasteiger partial charge is 0.367 e. The van der Waals surface area contributed by atoms with Crippen LogP contribution in [-0.4, -0.2) is 46.8 Å². The first-order valence-electron chi connectivity index (χ1n) is 6.48. The van der Waals surface area contributed by atoms with Gasteiger partial charge in [-0.2, -0.15) is 4.98 Å². The third kappa shape index (κ3) is 2.73. The fourth-order valence-corrected chi connectivity index (χ4v) is 2.75. The van der Waals surface area contributed by atoms with Gasteiger partial charge in [-0.15, -0.1) is 11.3 Å². The van der Waals surface area contributed by atoms with Gasteiger partial charge < -0.3 is 19.9 Å². The summed E-state index contributed by atoms with van der Waals surface area (Å²) in [5.74, 6) is 0.988. The molecule has 1 fully saturated rings. The molecule has 0 amide bonds. The lowest BCUT2D eigenvalue weighted by Gasteiger charge is -2.27. The van der Waals surface area contributed by atoms with Crippen molar-refractivity contribution in [3.63, 3.8) is 0 Å². The number of thiazole rings is 1. The lowest BCUT2D eigenvalue weighted by atomic mass is 10.3. The summed E-state index contributed by atoms with van der Waals surface area (Å²) >= 11 is 1.49. The molecule has 0 radical (unpaired) electrons. The Morgan fingerprint density at radius 1 is 1.50 bits per heavy atom. The van der Waals surface area contributed by atoms with Crippen LogP contribution in [0.5, 0.6) is 0 Å². The molecule has 2 atom stereocenters. The summed E-state index contributed by atoms with van der Waals surface area (Å²) in [6, 6.07) is -0.0912. The van der Waals surface area contributed by atoms with Gasteiger partial charge in [-0.3, -0.25) is 0 Å². The van der Waals surface area contributed by atoms with E-state index in [0.29, 0.717) is 24.0 Å². The van der Waals surface area contributed by atoms with Crippen molar-refractivity contribution in [1.82, 2.24) is 20.0 Å². The van der Waals surface area contributed by atoms with E-state index in [9.17, 15) is 0 Å². The Labute approximate surface area is 120 Å². The van der Waals surface area contributed by atoms with E-state index in [1.165, 1.54) is 11.3 Å². The Morgan fingerprint density at radius 3 is 3.05 bits per heavy atom. The van der Waals surface area contributed by atoms with Gasteiger partial charge in [0.15, 0.2) is 0 Å². The highest BCUT2D eigenvalue weighted by Gasteiger charge is 2.25. The van der Waals surface area contributed by atoms with E-state index in [1.54, 1.807) is 0 Å². The maximum atomic E-state index is 5.80. The molecule has 7 nitrogen and oxygen atoms in total. The SMILES string of the molecule is CC(N)c1nc(-c2nc(C3CN(C)CCO3)no2)cs1. The van der Waals surface area contributed by atoms with Gasteiger partial charge in [-0.05, 0) is 14.0 Å². The maximum absolute atomic E-state index is 5.80. The van der Waals surface area contributed by atoms with Gasteiger partial charge in [0.1, 0.15) is 16.8 Å². The van der Waals surface area contributed by atoms with Crippen LogP contribution in [-0.2, 0) is 4.74 Å². The average molecular weight is 295 g/mol. The van der Waals surface area contributed by atoms with E-state index < -0.39 is 0 Å². The minimum atomic E-state index is -0.141. The van der Waals surface area contributed by atoms with Crippen LogP contribution < -0.4 is 5.73 Å². The molecular weight excluding hydrogens is 278 g/mol. The molecular formula is C12H17N5O2S. The van der Waals surface area contributed by atoms with Gasteiger partial charge in [0.25, 0.3) is 5.89 Å². The second-order valence-corrected chi connectivity index (χ2v) is 5.83. The lowest BCUT2D eigenvalue weighted by Crippen LogP contribution is -2.35. The van der Waals surface area contributed by atoms with Crippen molar-refractivity contribution < 1.29 is 9.26 Å². The fraction of sp³-hybridized carbons (Fsp3) is 0.583. The van der Waals surface area contributed by atoms with Crippen LogP contribution in [0, 0.1) is 0 Å². The lowest BCUT2D eigenvalue weighted by molar-refractivity contribution is -0.0264. The summed E-state index contributed by atoms with van der Waals surface area (Å²) in [5, 5.41) is 6.73. The molecule has 0 spiro atoms. The summed E-state index contributed by atoms with van der Waals surface area (Å²) < 4.78 is 10.9. The van der Waals surface area contributed by atoms with Crippen molar-refractivity contribution in [3.05, 3.63) is 16.2 Å². The summed E-state index contributed by atoms with van der Waals surface area (Å²) in [4.78, 5) is 11.0. The maximum Gasteiger partial charge on any atom is 0.277 e. The molecule has 8 heteroatoms. The molecule has 0 aromatic carbocycles. The highest BCUT2D eigenvalue weighted by atomic mass is 32.1. The van der Waals surface area contributed by atoms with E-state index in [-0.39, 0.29) is 12.1 Å². The molecule has 1 saturated heterocycles. The topological polar surface area (TPSA) is 90.3 Å². The van der Waals surface area contributed by atoms with Gasteiger partial charge in [0.05, 0.1) is 12.6 Å². The van der Waals surface area contributed by atoms with Crippen LogP contribution in [0.15, 0.2) is 9.90 Å². The Morgan fingerprint density at radius 2 is 2.35 bits per heavy atom. The van der Waals surface area contributed by atoms with E-state index in [0.717, 1.165) is 18.1 Å². The van der Waals surface area contributed by atoms with Crippen LogP contribution in [0.3, 0.4) is 0 Å². The Kier molecular flexibility index (Phi) is 3.79. The highest BCUT2D eigenvalue weighted by Crippen LogP contribution is 2.25. The predicted octanol–water partition coefficient (Wildman–Crippen LogP) is 1.22. The Hall–Kier alpha value is -1.35. The van der Waals surface area contributed by atoms with E-state index >= 15 is 0 Å². The first-order chi connectivity index (χ1) is 9.63. The van der Waals surface area contributed by atoms with Gasteiger partial charge in [-0.25, -0.2) is 4.98 Å². The van der Waals surface area contributed by atoms with Gasteiger partial charge in [0, 0.05) is 18.5 Å². The smallest absolute Gasteiger partial charge is 0.277 e. The third-order valence-corrected chi connectivity index (χ3v) is 4.18. The monoisotopic (exact) mass is 295 g/mol. The second kappa shape index (κ2) is 5.57. The third-order valence-electron chi connectivity index (χ3n) is 3.13.